The van der Waals surface area contributed by atoms with Crippen LogP contribution in [0.5, 0.6) is 0 Å². The summed E-state index contributed by atoms with van der Waals surface area (Å²) in [5.74, 6) is -1.01. The number of hydrogen-bond donors (Lipinski definition) is 2. The third-order valence-corrected chi connectivity index (χ3v) is 2.64. The third-order valence-electron chi connectivity index (χ3n) is 2.64. The molecule has 0 saturated heterocycles. The zero-order valence-electron chi connectivity index (χ0n) is 10.5. The van der Waals surface area contributed by atoms with Gasteiger partial charge in [-0.1, -0.05) is 6.07 Å². The van der Waals surface area contributed by atoms with E-state index in [-0.39, 0.29) is 23.5 Å². The molecule has 0 aliphatic rings. The zero-order chi connectivity index (χ0) is 14.6. The highest BCUT2D eigenvalue weighted by molar-refractivity contribution is 5.75. The summed E-state index contributed by atoms with van der Waals surface area (Å²) in [4.78, 5) is 21.3. The van der Waals surface area contributed by atoms with E-state index in [2.05, 4.69) is 5.32 Å². The van der Waals surface area contributed by atoms with Crippen LogP contribution in [0.1, 0.15) is 19.4 Å². The van der Waals surface area contributed by atoms with Crippen LogP contribution >= 0.6 is 0 Å². The van der Waals surface area contributed by atoms with Gasteiger partial charge in [0.1, 0.15) is 17.3 Å². The quantitative estimate of drug-likeness (QED) is 0.619. The van der Waals surface area contributed by atoms with Gasteiger partial charge in [-0.25, -0.2) is 0 Å². The van der Waals surface area contributed by atoms with Crippen LogP contribution < -0.4 is 5.32 Å². The minimum atomic E-state index is -1.07. The molecule has 0 unspecified atom stereocenters. The van der Waals surface area contributed by atoms with Crippen LogP contribution in [-0.4, -0.2) is 22.5 Å². The first-order chi connectivity index (χ1) is 8.79. The van der Waals surface area contributed by atoms with E-state index in [1.807, 2.05) is 0 Å². The fraction of sp³-hybridized carbons (Fsp3) is 0.333. The van der Waals surface area contributed by atoms with E-state index in [0.29, 0.717) is 0 Å². The summed E-state index contributed by atoms with van der Waals surface area (Å²) in [6.45, 7) is 3.02. The minimum absolute atomic E-state index is 0.0120. The van der Waals surface area contributed by atoms with Crippen molar-refractivity contribution in [3.8, 4) is 6.07 Å². The van der Waals surface area contributed by atoms with Crippen LogP contribution in [0.25, 0.3) is 0 Å². The van der Waals surface area contributed by atoms with Crippen molar-refractivity contribution in [3.63, 3.8) is 0 Å². The van der Waals surface area contributed by atoms with Crippen LogP contribution in [0.4, 0.5) is 11.4 Å². The normalized spacial score (nSPS) is 10.6. The lowest BCUT2D eigenvalue weighted by Crippen LogP contribution is -2.31. The number of nitrogens with one attached hydrogen (secondary N) is 1. The number of nitriles is 1. The second kappa shape index (κ2) is 5.35. The van der Waals surface area contributed by atoms with Crippen LogP contribution in [-0.2, 0) is 4.79 Å². The van der Waals surface area contributed by atoms with Crippen molar-refractivity contribution < 1.29 is 14.8 Å². The van der Waals surface area contributed by atoms with Crippen LogP contribution in [0, 0.1) is 26.9 Å². The average molecular weight is 263 g/mol. The van der Waals surface area contributed by atoms with E-state index < -0.39 is 16.3 Å². The lowest BCUT2D eigenvalue weighted by molar-refractivity contribution is -0.384. The van der Waals surface area contributed by atoms with Gasteiger partial charge >= 0.3 is 11.7 Å². The van der Waals surface area contributed by atoms with E-state index in [4.69, 9.17) is 10.4 Å². The first kappa shape index (κ1) is 14.4. The molecule has 7 nitrogen and oxygen atoms in total. The van der Waals surface area contributed by atoms with Crippen molar-refractivity contribution >= 4 is 17.3 Å². The van der Waals surface area contributed by atoms with Crippen LogP contribution in [0.3, 0.4) is 0 Å². The Kier molecular flexibility index (Phi) is 4.07. The van der Waals surface area contributed by atoms with Gasteiger partial charge in [0.25, 0.3) is 0 Å². The topological polar surface area (TPSA) is 116 Å². The highest BCUT2D eigenvalue weighted by Gasteiger charge is 2.28. The van der Waals surface area contributed by atoms with Crippen molar-refractivity contribution in [2.75, 3.05) is 11.9 Å². The van der Waals surface area contributed by atoms with Crippen LogP contribution in [0.15, 0.2) is 18.2 Å². The summed E-state index contributed by atoms with van der Waals surface area (Å²) >= 11 is 0. The van der Waals surface area contributed by atoms with Crippen molar-refractivity contribution in [1.82, 2.24) is 0 Å². The molecule has 1 aromatic rings. The van der Waals surface area contributed by atoms with Crippen molar-refractivity contribution in [1.29, 1.82) is 5.26 Å². The second-order valence-corrected chi connectivity index (χ2v) is 4.61. The van der Waals surface area contributed by atoms with Gasteiger partial charge in [-0.2, -0.15) is 5.26 Å². The lowest BCUT2D eigenvalue weighted by atomic mass is 9.94. The monoisotopic (exact) mass is 263 g/mol. The van der Waals surface area contributed by atoms with Gasteiger partial charge < -0.3 is 10.4 Å². The minimum Gasteiger partial charge on any atom is -0.481 e. The molecular weight excluding hydrogens is 250 g/mol. The Bertz CT molecular complexity index is 561. The number of nitro groups is 1. The van der Waals surface area contributed by atoms with Crippen molar-refractivity contribution in [3.05, 3.63) is 33.9 Å². The summed E-state index contributed by atoms with van der Waals surface area (Å²) in [6, 6.07) is 6.02. The SMILES string of the molecule is CC(C)(CNc1cccc(C#N)c1[N+](=O)[O-])C(=O)O. The maximum absolute atomic E-state index is 11.0. The smallest absolute Gasteiger partial charge is 0.310 e. The number of anilines is 1. The largest absolute Gasteiger partial charge is 0.481 e. The van der Waals surface area contributed by atoms with Gasteiger partial charge in [-0.05, 0) is 26.0 Å². The maximum atomic E-state index is 11.0. The second-order valence-electron chi connectivity index (χ2n) is 4.61. The van der Waals surface area contributed by atoms with Gasteiger partial charge in [-0.3, -0.25) is 14.9 Å². The number of hydrogen-bond acceptors (Lipinski definition) is 5. The molecule has 1 rings (SSSR count). The number of nitro benzene ring substituents is 1. The number of benzene rings is 1. The first-order valence-corrected chi connectivity index (χ1v) is 5.44. The van der Waals surface area contributed by atoms with Crippen molar-refractivity contribution in [2.45, 2.75) is 13.8 Å². The Morgan fingerprint density at radius 3 is 2.68 bits per heavy atom. The van der Waals surface area contributed by atoms with Crippen LogP contribution in [0.2, 0.25) is 0 Å². The molecule has 0 heterocycles. The molecule has 7 heteroatoms. The molecule has 2 N–H and O–H groups in total. The van der Waals surface area contributed by atoms with Crippen molar-refractivity contribution in [2.24, 2.45) is 5.41 Å². The number of nitrogens with zero attached hydrogens (tertiary/aromatic N) is 2. The molecular formula is C12H13N3O4. The molecule has 0 spiro atoms. The van der Waals surface area contributed by atoms with Gasteiger partial charge in [0.15, 0.2) is 0 Å². The Balaban J connectivity index is 3.06. The molecule has 19 heavy (non-hydrogen) atoms. The Morgan fingerprint density at radius 1 is 1.58 bits per heavy atom. The first-order valence-electron chi connectivity index (χ1n) is 5.44. The maximum Gasteiger partial charge on any atom is 0.310 e. The lowest BCUT2D eigenvalue weighted by Gasteiger charge is -2.20. The van der Waals surface area contributed by atoms with Gasteiger partial charge in [0, 0.05) is 6.54 Å². The fourth-order valence-electron chi connectivity index (χ4n) is 1.36. The molecule has 0 aromatic heterocycles. The summed E-state index contributed by atoms with van der Waals surface area (Å²) in [7, 11) is 0. The Morgan fingerprint density at radius 2 is 2.21 bits per heavy atom. The standard InChI is InChI=1S/C12H13N3O4/c1-12(2,11(16)17)7-14-9-5-3-4-8(6-13)10(9)15(18)19/h3-5,14H,7H2,1-2H3,(H,16,17). The number of rotatable bonds is 5. The summed E-state index contributed by atoms with van der Waals surface area (Å²) in [5.41, 5.74) is -1.34. The molecule has 0 radical (unpaired) electrons. The van der Waals surface area contributed by atoms with Gasteiger partial charge in [-0.15, -0.1) is 0 Å². The Hall–Kier alpha value is -2.62. The van der Waals surface area contributed by atoms with E-state index >= 15 is 0 Å². The summed E-state index contributed by atoms with van der Waals surface area (Å²) in [5, 5.41) is 31.5. The molecule has 0 saturated carbocycles. The number of carbonyl (C=O) groups is 1. The van der Waals surface area contributed by atoms with E-state index in [9.17, 15) is 14.9 Å². The molecule has 0 fully saturated rings. The van der Waals surface area contributed by atoms with E-state index in [1.165, 1.54) is 32.0 Å². The zero-order valence-corrected chi connectivity index (χ0v) is 10.5. The average Bonchev–Trinajstić information content (AvgIpc) is 2.35. The number of carboxylic acid groups (broad SMARTS) is 1. The van der Waals surface area contributed by atoms with E-state index in [0.717, 1.165) is 0 Å². The summed E-state index contributed by atoms with van der Waals surface area (Å²) < 4.78 is 0. The van der Waals surface area contributed by atoms with Gasteiger partial charge in [0.05, 0.1) is 10.3 Å². The molecule has 1 aromatic carbocycles. The third kappa shape index (κ3) is 3.19. The summed E-state index contributed by atoms with van der Waals surface area (Å²) in [6.07, 6.45) is 0. The van der Waals surface area contributed by atoms with Gasteiger partial charge in [0.2, 0.25) is 0 Å². The number of carboxylic acids is 1. The molecule has 0 atom stereocenters. The Labute approximate surface area is 109 Å². The molecule has 0 aliphatic carbocycles. The highest BCUT2D eigenvalue weighted by Crippen LogP contribution is 2.29. The fourth-order valence-corrected chi connectivity index (χ4v) is 1.36. The number of para-hydroxylation sites is 1. The predicted molar refractivity (Wildman–Crippen MR) is 67.7 cm³/mol. The molecule has 0 aliphatic heterocycles. The highest BCUT2D eigenvalue weighted by atomic mass is 16.6. The molecule has 0 bridgehead atoms. The molecule has 0 amide bonds. The number of aliphatic carboxylic acids is 1. The predicted octanol–water partition coefficient (Wildman–Crippen LogP) is 1.99. The molecule has 100 valence electrons. The van der Waals surface area contributed by atoms with E-state index in [1.54, 1.807) is 6.07 Å².